The number of benzene rings is 1. The largest absolute Gasteiger partial charge is 0.287 e. The molecular formula is C13H10N4O. The van der Waals surface area contributed by atoms with E-state index in [1.54, 1.807) is 48.5 Å². The Bertz CT molecular complexity index is 727. The first-order valence-corrected chi connectivity index (χ1v) is 5.50. The van der Waals surface area contributed by atoms with Gasteiger partial charge in [-0.3, -0.25) is 19.4 Å². The Balaban J connectivity index is 2.17. The first-order valence-electron chi connectivity index (χ1n) is 5.50. The molecule has 0 saturated heterocycles. The lowest BCUT2D eigenvalue weighted by Gasteiger charge is -2.01. The van der Waals surface area contributed by atoms with E-state index in [0.717, 1.165) is 0 Å². The minimum absolute atomic E-state index is 0.137. The molecule has 0 N–H and O–H groups in total. The zero-order chi connectivity index (χ0) is 12.5. The van der Waals surface area contributed by atoms with Gasteiger partial charge >= 0.3 is 0 Å². The van der Waals surface area contributed by atoms with Gasteiger partial charge in [0.15, 0.2) is 0 Å². The first-order chi connectivity index (χ1) is 8.75. The summed E-state index contributed by atoms with van der Waals surface area (Å²) in [6.07, 6.45) is 4.93. The fourth-order valence-electron chi connectivity index (χ4n) is 1.85. The fraction of sp³-hybridized carbons (Fsp3) is 0.0769. The third-order valence-electron chi connectivity index (χ3n) is 2.69. The molecule has 3 rings (SSSR count). The number of hydrogen-bond acceptors (Lipinski definition) is 4. The van der Waals surface area contributed by atoms with Crippen LogP contribution in [0.15, 0.2) is 42.9 Å². The molecule has 88 valence electrons. The van der Waals surface area contributed by atoms with Crippen molar-refractivity contribution in [2.24, 2.45) is 7.05 Å². The lowest BCUT2D eigenvalue weighted by Crippen LogP contribution is -2.05. The maximum atomic E-state index is 12.3. The smallest absolute Gasteiger partial charge is 0.215 e. The molecule has 18 heavy (non-hydrogen) atoms. The van der Waals surface area contributed by atoms with Crippen LogP contribution in [0.4, 0.5) is 0 Å². The van der Waals surface area contributed by atoms with E-state index < -0.39 is 0 Å². The van der Waals surface area contributed by atoms with E-state index in [2.05, 4.69) is 15.1 Å². The minimum atomic E-state index is -0.137. The average Bonchev–Trinajstić information content (AvgIpc) is 2.84. The Labute approximate surface area is 103 Å². The van der Waals surface area contributed by atoms with Crippen LogP contribution >= 0.6 is 0 Å². The van der Waals surface area contributed by atoms with Crippen molar-refractivity contribution in [3.8, 4) is 0 Å². The van der Waals surface area contributed by atoms with Gasteiger partial charge in [-0.1, -0.05) is 6.07 Å². The molecule has 2 aromatic heterocycles. The van der Waals surface area contributed by atoms with Gasteiger partial charge in [0.25, 0.3) is 0 Å². The highest BCUT2D eigenvalue weighted by Crippen LogP contribution is 2.16. The number of nitrogens with zero attached hydrogens (tertiary/aromatic N) is 4. The molecule has 0 fully saturated rings. The van der Waals surface area contributed by atoms with E-state index in [4.69, 9.17) is 0 Å². The summed E-state index contributed by atoms with van der Waals surface area (Å²) in [5, 5.41) is 4.11. The summed E-state index contributed by atoms with van der Waals surface area (Å²) >= 11 is 0. The normalized spacial score (nSPS) is 10.7. The third kappa shape index (κ3) is 1.66. The maximum absolute atomic E-state index is 12.3. The van der Waals surface area contributed by atoms with Gasteiger partial charge in [-0.2, -0.15) is 5.10 Å². The number of rotatable bonds is 2. The average molecular weight is 238 g/mol. The third-order valence-corrected chi connectivity index (χ3v) is 2.69. The molecule has 0 aliphatic carbocycles. The first kappa shape index (κ1) is 10.6. The Morgan fingerprint density at radius 3 is 2.78 bits per heavy atom. The Kier molecular flexibility index (Phi) is 2.37. The quantitative estimate of drug-likeness (QED) is 0.636. The van der Waals surface area contributed by atoms with Crippen molar-refractivity contribution in [1.82, 2.24) is 19.7 Å². The molecule has 0 saturated carbocycles. The van der Waals surface area contributed by atoms with E-state index in [9.17, 15) is 4.79 Å². The van der Waals surface area contributed by atoms with Gasteiger partial charge in [0.1, 0.15) is 5.69 Å². The van der Waals surface area contributed by atoms with Crippen molar-refractivity contribution >= 4 is 16.8 Å². The van der Waals surface area contributed by atoms with Crippen LogP contribution < -0.4 is 0 Å². The highest BCUT2D eigenvalue weighted by molar-refractivity contribution is 6.14. The number of carbonyl (C=O) groups excluding carboxylic acids is 1. The molecule has 0 aliphatic rings. The van der Waals surface area contributed by atoms with Gasteiger partial charge in [0.05, 0.1) is 16.6 Å². The summed E-state index contributed by atoms with van der Waals surface area (Å²) < 4.78 is 1.60. The van der Waals surface area contributed by atoms with E-state index >= 15 is 0 Å². The fourth-order valence-corrected chi connectivity index (χ4v) is 1.85. The van der Waals surface area contributed by atoms with Gasteiger partial charge in [-0.25, -0.2) is 0 Å². The van der Waals surface area contributed by atoms with Crippen LogP contribution in [0.1, 0.15) is 16.1 Å². The van der Waals surface area contributed by atoms with E-state index in [-0.39, 0.29) is 5.78 Å². The van der Waals surface area contributed by atoms with E-state index in [1.807, 2.05) is 6.07 Å². The number of para-hydroxylation sites is 1. The summed E-state index contributed by atoms with van der Waals surface area (Å²) in [5.41, 5.74) is 2.25. The predicted molar refractivity (Wildman–Crippen MR) is 66.2 cm³/mol. The van der Waals surface area contributed by atoms with Gasteiger partial charge < -0.3 is 0 Å². The van der Waals surface area contributed by atoms with Crippen molar-refractivity contribution in [3.63, 3.8) is 0 Å². The summed E-state index contributed by atoms with van der Waals surface area (Å²) in [6, 6.07) is 7.07. The number of ketones is 1. The number of hydrogen-bond donors (Lipinski definition) is 0. The summed E-state index contributed by atoms with van der Waals surface area (Å²) in [4.78, 5) is 20.7. The predicted octanol–water partition coefficient (Wildman–Crippen LogP) is 1.59. The molecular weight excluding hydrogens is 228 g/mol. The molecule has 1 aromatic carbocycles. The molecule has 0 atom stereocenters. The zero-order valence-electron chi connectivity index (χ0n) is 9.74. The Morgan fingerprint density at radius 1 is 1.17 bits per heavy atom. The number of aryl methyl sites for hydroxylation is 1. The highest BCUT2D eigenvalue weighted by atomic mass is 16.1. The van der Waals surface area contributed by atoms with Crippen LogP contribution in [0.25, 0.3) is 11.0 Å². The second-order valence-corrected chi connectivity index (χ2v) is 3.93. The van der Waals surface area contributed by atoms with Gasteiger partial charge in [-0.15, -0.1) is 0 Å². The van der Waals surface area contributed by atoms with Crippen LogP contribution in [0.2, 0.25) is 0 Å². The number of fused-ring (bicyclic) bond motifs is 1. The van der Waals surface area contributed by atoms with Crippen LogP contribution in [0.3, 0.4) is 0 Å². The van der Waals surface area contributed by atoms with Gasteiger partial charge in [-0.05, 0) is 18.2 Å². The highest BCUT2D eigenvalue weighted by Gasteiger charge is 2.15. The monoisotopic (exact) mass is 238 g/mol. The molecule has 0 amide bonds. The van der Waals surface area contributed by atoms with Gasteiger partial charge in [0, 0.05) is 25.6 Å². The number of aromatic nitrogens is 4. The molecule has 0 bridgehead atoms. The molecule has 3 aromatic rings. The lowest BCUT2D eigenvalue weighted by atomic mass is 10.1. The Hall–Kier alpha value is -2.56. The summed E-state index contributed by atoms with van der Waals surface area (Å²) in [7, 11) is 1.78. The van der Waals surface area contributed by atoms with E-state index in [1.165, 1.54) is 0 Å². The molecule has 0 unspecified atom stereocenters. The molecule has 0 aliphatic heterocycles. The second-order valence-electron chi connectivity index (χ2n) is 3.93. The summed E-state index contributed by atoms with van der Waals surface area (Å²) in [5.74, 6) is -0.137. The zero-order valence-corrected chi connectivity index (χ0v) is 9.74. The molecule has 5 heteroatoms. The van der Waals surface area contributed by atoms with Crippen molar-refractivity contribution in [2.45, 2.75) is 0 Å². The van der Waals surface area contributed by atoms with Crippen molar-refractivity contribution in [2.75, 3.05) is 0 Å². The minimum Gasteiger partial charge on any atom is -0.287 e. The van der Waals surface area contributed by atoms with Crippen LogP contribution in [-0.4, -0.2) is 25.5 Å². The van der Waals surface area contributed by atoms with Crippen LogP contribution in [-0.2, 0) is 7.05 Å². The van der Waals surface area contributed by atoms with Gasteiger partial charge in [0.2, 0.25) is 5.78 Å². The van der Waals surface area contributed by atoms with Crippen molar-refractivity contribution in [1.29, 1.82) is 0 Å². The maximum Gasteiger partial charge on any atom is 0.215 e. The topological polar surface area (TPSA) is 60.7 Å². The van der Waals surface area contributed by atoms with E-state index in [0.29, 0.717) is 22.3 Å². The molecule has 0 radical (unpaired) electrons. The lowest BCUT2D eigenvalue weighted by molar-refractivity contribution is 0.103. The standard InChI is InChI=1S/C13H10N4O/c1-17-8-5-11(16-17)13(18)9-3-2-4-10-12(9)15-7-6-14-10/h2-8H,1H3. The number of carbonyl (C=O) groups is 1. The second kappa shape index (κ2) is 4.03. The molecule has 0 spiro atoms. The van der Waals surface area contributed by atoms with Crippen molar-refractivity contribution < 1.29 is 4.79 Å². The van der Waals surface area contributed by atoms with Crippen LogP contribution in [0.5, 0.6) is 0 Å². The Morgan fingerprint density at radius 2 is 2.00 bits per heavy atom. The molecule has 5 nitrogen and oxygen atoms in total. The summed E-state index contributed by atoms with van der Waals surface area (Å²) in [6.45, 7) is 0. The van der Waals surface area contributed by atoms with Crippen molar-refractivity contribution in [3.05, 3.63) is 54.1 Å². The van der Waals surface area contributed by atoms with Crippen LogP contribution in [0, 0.1) is 0 Å². The molecule has 2 heterocycles. The SMILES string of the molecule is Cn1ccc(C(=O)c2cccc3nccnc23)n1.